The Morgan fingerprint density at radius 3 is 2.33 bits per heavy atom. The Labute approximate surface area is 170 Å². The van der Waals surface area contributed by atoms with E-state index < -0.39 is 22.0 Å². The van der Waals surface area contributed by atoms with Crippen molar-refractivity contribution in [2.45, 2.75) is 33.2 Å². The highest BCUT2D eigenvalue weighted by Gasteiger charge is 2.32. The second-order valence-electron chi connectivity index (χ2n) is 6.39. The Morgan fingerprint density at radius 1 is 1.11 bits per heavy atom. The lowest BCUT2D eigenvalue weighted by atomic mass is 10.1. The highest BCUT2D eigenvalue weighted by molar-refractivity contribution is 7.92. The van der Waals surface area contributed by atoms with E-state index in [1.807, 2.05) is 32.0 Å². The van der Waals surface area contributed by atoms with Gasteiger partial charge in [0.05, 0.1) is 22.0 Å². The first-order valence-electron chi connectivity index (χ1n) is 8.37. The molecule has 0 aliphatic carbocycles. The van der Waals surface area contributed by atoms with Gasteiger partial charge in [-0.2, -0.15) is 0 Å². The van der Waals surface area contributed by atoms with E-state index in [0.717, 1.165) is 21.7 Å². The van der Waals surface area contributed by atoms with Crippen molar-refractivity contribution >= 4 is 50.5 Å². The first kappa shape index (κ1) is 21.5. The minimum atomic E-state index is -3.74. The number of aryl methyl sites for hydroxylation is 2. The monoisotopic (exact) mass is 428 g/mol. The minimum Gasteiger partial charge on any atom is -0.324 e. The summed E-state index contributed by atoms with van der Waals surface area (Å²) in [5.74, 6) is -0.414. The highest BCUT2D eigenvalue weighted by atomic mass is 35.5. The second kappa shape index (κ2) is 8.50. The number of rotatable bonds is 6. The van der Waals surface area contributed by atoms with Crippen LogP contribution in [0.15, 0.2) is 36.4 Å². The van der Waals surface area contributed by atoms with E-state index in [0.29, 0.717) is 10.7 Å². The molecule has 1 atom stereocenters. The Morgan fingerprint density at radius 2 is 1.78 bits per heavy atom. The third-order valence-corrected chi connectivity index (χ3v) is 6.06. The molecule has 0 saturated carbocycles. The van der Waals surface area contributed by atoms with E-state index in [1.165, 1.54) is 18.2 Å². The number of anilines is 2. The van der Waals surface area contributed by atoms with Crippen LogP contribution in [0.4, 0.5) is 11.4 Å². The predicted molar refractivity (Wildman–Crippen MR) is 112 cm³/mol. The van der Waals surface area contributed by atoms with E-state index in [-0.39, 0.29) is 17.1 Å². The summed E-state index contributed by atoms with van der Waals surface area (Å²) in [7, 11) is -3.74. The molecular weight excluding hydrogens is 407 g/mol. The molecule has 2 aromatic rings. The Hall–Kier alpha value is -1.76. The Balaban J connectivity index is 2.44. The molecule has 8 heteroatoms. The molecule has 2 aromatic carbocycles. The zero-order valence-corrected chi connectivity index (χ0v) is 17.9. The molecule has 0 spiro atoms. The zero-order valence-electron chi connectivity index (χ0n) is 15.6. The number of carbonyl (C=O) groups is 1. The number of nitrogens with one attached hydrogen (secondary N) is 1. The van der Waals surface area contributed by atoms with E-state index in [2.05, 4.69) is 5.32 Å². The van der Waals surface area contributed by atoms with Gasteiger partial charge in [0.2, 0.25) is 15.9 Å². The average molecular weight is 429 g/mol. The van der Waals surface area contributed by atoms with Gasteiger partial charge in [-0.15, -0.1) is 0 Å². The van der Waals surface area contributed by atoms with Gasteiger partial charge in [0.1, 0.15) is 6.04 Å². The summed E-state index contributed by atoms with van der Waals surface area (Å²) < 4.78 is 26.0. The Bertz CT molecular complexity index is 961. The number of hydrogen-bond donors (Lipinski definition) is 1. The van der Waals surface area contributed by atoms with Gasteiger partial charge in [0, 0.05) is 5.69 Å². The predicted octanol–water partition coefficient (Wildman–Crippen LogP) is 4.79. The van der Waals surface area contributed by atoms with Crippen LogP contribution >= 0.6 is 23.2 Å². The molecule has 0 aliphatic rings. The smallest absolute Gasteiger partial charge is 0.248 e. The summed E-state index contributed by atoms with van der Waals surface area (Å²) in [6.45, 7) is 5.55. The first-order chi connectivity index (χ1) is 12.5. The molecule has 1 amide bonds. The summed E-state index contributed by atoms with van der Waals surface area (Å²) in [6, 6.07) is 9.25. The Kier molecular flexibility index (Phi) is 6.78. The van der Waals surface area contributed by atoms with Gasteiger partial charge in [-0.25, -0.2) is 8.42 Å². The number of halogens is 2. The van der Waals surface area contributed by atoms with E-state index in [1.54, 1.807) is 6.92 Å². The molecule has 0 aromatic heterocycles. The lowest BCUT2D eigenvalue weighted by Crippen LogP contribution is -2.47. The maximum absolute atomic E-state index is 12.9. The van der Waals surface area contributed by atoms with Gasteiger partial charge in [0.15, 0.2) is 0 Å². The molecule has 146 valence electrons. The van der Waals surface area contributed by atoms with Gasteiger partial charge in [0.25, 0.3) is 0 Å². The van der Waals surface area contributed by atoms with Crippen LogP contribution in [0.25, 0.3) is 0 Å². The summed E-state index contributed by atoms with van der Waals surface area (Å²) in [5.41, 5.74) is 2.83. The van der Waals surface area contributed by atoms with Gasteiger partial charge in [-0.3, -0.25) is 9.10 Å². The highest BCUT2D eigenvalue weighted by Crippen LogP contribution is 2.30. The van der Waals surface area contributed by atoms with Gasteiger partial charge in [-0.05, 0) is 55.7 Å². The summed E-state index contributed by atoms with van der Waals surface area (Å²) in [6.07, 6.45) is 1.34. The van der Waals surface area contributed by atoms with Crippen molar-refractivity contribution in [2.75, 3.05) is 15.9 Å². The van der Waals surface area contributed by atoms with Crippen LogP contribution in [0.3, 0.4) is 0 Å². The van der Waals surface area contributed by atoms with Crippen LogP contribution in [-0.2, 0) is 14.8 Å². The van der Waals surface area contributed by atoms with Crippen molar-refractivity contribution in [1.82, 2.24) is 0 Å². The van der Waals surface area contributed by atoms with Gasteiger partial charge in [-0.1, -0.05) is 42.3 Å². The quantitative estimate of drug-likeness (QED) is 0.718. The van der Waals surface area contributed by atoms with E-state index in [4.69, 9.17) is 23.2 Å². The summed E-state index contributed by atoms with van der Waals surface area (Å²) in [5, 5.41) is 3.37. The SMILES string of the molecule is CC[C@H](C(=O)Nc1cc(C)ccc1C)N(c1ccc(Cl)c(Cl)c1)S(C)(=O)=O. The topological polar surface area (TPSA) is 66.5 Å². The molecule has 0 bridgehead atoms. The molecule has 1 N–H and O–H groups in total. The van der Waals surface area contributed by atoms with Crippen LogP contribution in [0.1, 0.15) is 24.5 Å². The number of benzene rings is 2. The van der Waals surface area contributed by atoms with E-state index >= 15 is 0 Å². The lowest BCUT2D eigenvalue weighted by Gasteiger charge is -2.30. The van der Waals surface area contributed by atoms with Crippen LogP contribution < -0.4 is 9.62 Å². The maximum atomic E-state index is 12.9. The van der Waals surface area contributed by atoms with Crippen LogP contribution in [0.5, 0.6) is 0 Å². The molecule has 0 radical (unpaired) electrons. The molecule has 0 saturated heterocycles. The van der Waals surface area contributed by atoms with Crippen molar-refractivity contribution in [3.05, 3.63) is 57.6 Å². The number of hydrogen-bond acceptors (Lipinski definition) is 3. The van der Waals surface area contributed by atoms with Crippen molar-refractivity contribution in [1.29, 1.82) is 0 Å². The van der Waals surface area contributed by atoms with Crippen molar-refractivity contribution < 1.29 is 13.2 Å². The lowest BCUT2D eigenvalue weighted by molar-refractivity contribution is -0.117. The summed E-state index contributed by atoms with van der Waals surface area (Å²) in [4.78, 5) is 12.9. The van der Waals surface area contributed by atoms with Gasteiger partial charge >= 0.3 is 0 Å². The molecule has 0 heterocycles. The molecule has 0 unspecified atom stereocenters. The molecule has 5 nitrogen and oxygen atoms in total. The third kappa shape index (κ3) is 5.15. The maximum Gasteiger partial charge on any atom is 0.248 e. The zero-order chi connectivity index (χ0) is 20.4. The van der Waals surface area contributed by atoms with Crippen molar-refractivity contribution in [2.24, 2.45) is 0 Å². The van der Waals surface area contributed by atoms with Crippen molar-refractivity contribution in [3.63, 3.8) is 0 Å². The second-order valence-corrected chi connectivity index (χ2v) is 9.06. The largest absolute Gasteiger partial charge is 0.324 e. The van der Waals surface area contributed by atoms with Crippen molar-refractivity contribution in [3.8, 4) is 0 Å². The van der Waals surface area contributed by atoms with Crippen LogP contribution in [-0.4, -0.2) is 26.6 Å². The molecular formula is C19H22Cl2N2O3S. The number of nitrogens with zero attached hydrogens (tertiary/aromatic N) is 1. The minimum absolute atomic E-state index is 0.215. The molecule has 27 heavy (non-hydrogen) atoms. The molecule has 2 rings (SSSR count). The molecule has 0 aliphatic heterocycles. The van der Waals surface area contributed by atoms with Crippen LogP contribution in [0, 0.1) is 13.8 Å². The number of carbonyl (C=O) groups excluding carboxylic acids is 1. The first-order valence-corrected chi connectivity index (χ1v) is 11.0. The normalized spacial score (nSPS) is 12.5. The average Bonchev–Trinajstić information content (AvgIpc) is 2.57. The number of sulfonamides is 1. The van der Waals surface area contributed by atoms with Crippen LogP contribution in [0.2, 0.25) is 10.0 Å². The molecule has 0 fully saturated rings. The fourth-order valence-electron chi connectivity index (χ4n) is 2.77. The third-order valence-electron chi connectivity index (χ3n) is 4.14. The van der Waals surface area contributed by atoms with E-state index in [9.17, 15) is 13.2 Å². The fraction of sp³-hybridized carbons (Fsp3) is 0.316. The summed E-state index contributed by atoms with van der Waals surface area (Å²) >= 11 is 12.0. The van der Waals surface area contributed by atoms with Gasteiger partial charge < -0.3 is 5.32 Å². The fourth-order valence-corrected chi connectivity index (χ4v) is 4.26. The number of amides is 1. The standard InChI is InChI=1S/C19H22Cl2N2O3S/c1-5-18(19(24)22-17-10-12(2)6-7-13(17)3)23(27(4,25)26)14-8-9-15(20)16(21)11-14/h6-11,18H,5H2,1-4H3,(H,22,24)/t18-/m1/s1.